The van der Waals surface area contributed by atoms with Crippen LogP contribution in [-0.2, 0) is 10.8 Å². The summed E-state index contributed by atoms with van der Waals surface area (Å²) < 4.78 is 2.62. The Balaban J connectivity index is 0.956. The van der Waals surface area contributed by atoms with Crippen molar-refractivity contribution in [1.82, 2.24) is 9.97 Å². The van der Waals surface area contributed by atoms with Crippen LogP contribution in [0.3, 0.4) is 0 Å². The fraction of sp³-hybridized carbons (Fsp3) is 0.0278. The van der Waals surface area contributed by atoms with Crippen LogP contribution in [0.1, 0.15) is 44.5 Å². The lowest BCUT2D eigenvalue weighted by molar-refractivity contribution is 0.633. The zero-order valence-corrected chi connectivity index (χ0v) is 41.5. The predicted octanol–water partition coefficient (Wildman–Crippen LogP) is 18.2. The molecule has 0 amide bonds. The number of benzene rings is 11. The second kappa shape index (κ2) is 16.1. The van der Waals surface area contributed by atoms with E-state index in [2.05, 4.69) is 267 Å². The van der Waals surface area contributed by atoms with Gasteiger partial charge < -0.3 is 0 Å². The molecule has 0 unspecified atom stereocenters. The molecule has 0 aliphatic heterocycles. The van der Waals surface area contributed by atoms with E-state index in [1.165, 1.54) is 98.1 Å². The summed E-state index contributed by atoms with van der Waals surface area (Å²) in [4.78, 5) is 10.8. The minimum Gasteiger partial charge on any atom is -0.228 e. The van der Waals surface area contributed by atoms with Crippen LogP contribution >= 0.6 is 11.3 Å². The summed E-state index contributed by atoms with van der Waals surface area (Å²) in [6, 6.07) is 98.9. The van der Waals surface area contributed by atoms with Gasteiger partial charge in [-0.05, 0) is 108 Å². The molecule has 2 nitrogen and oxygen atoms in total. The molecule has 2 spiro atoms. The van der Waals surface area contributed by atoms with Crippen molar-refractivity contribution in [3.63, 3.8) is 0 Å². The van der Waals surface area contributed by atoms with Gasteiger partial charge in [0.2, 0.25) is 0 Å². The maximum atomic E-state index is 5.42. The second-order valence-electron chi connectivity index (χ2n) is 20.2. The van der Waals surface area contributed by atoms with E-state index in [0.717, 1.165) is 39.2 Å². The molecule has 0 fully saturated rings. The summed E-state index contributed by atoms with van der Waals surface area (Å²) >= 11 is 1.92. The van der Waals surface area contributed by atoms with Crippen molar-refractivity contribution < 1.29 is 0 Å². The van der Waals surface area contributed by atoms with Gasteiger partial charge in [-0.2, -0.15) is 0 Å². The van der Waals surface area contributed by atoms with Gasteiger partial charge in [0, 0.05) is 42.4 Å². The molecule has 0 N–H and O–H groups in total. The van der Waals surface area contributed by atoms with Crippen LogP contribution < -0.4 is 0 Å². The van der Waals surface area contributed by atoms with Crippen molar-refractivity contribution in [2.75, 3.05) is 0 Å². The predicted molar refractivity (Wildman–Crippen MR) is 310 cm³/mol. The first-order valence-electron chi connectivity index (χ1n) is 25.9. The van der Waals surface area contributed by atoms with Crippen LogP contribution in [0.25, 0.3) is 98.6 Å². The molecule has 3 aliphatic rings. The summed E-state index contributed by atoms with van der Waals surface area (Å²) in [5.74, 6) is 0.687. The highest BCUT2D eigenvalue weighted by Crippen LogP contribution is 2.69. The smallest absolute Gasteiger partial charge is 0.160 e. The Morgan fingerprint density at radius 3 is 1.40 bits per heavy atom. The topological polar surface area (TPSA) is 25.8 Å². The first kappa shape index (κ1) is 42.2. The molecule has 75 heavy (non-hydrogen) atoms. The van der Waals surface area contributed by atoms with Gasteiger partial charge in [0.15, 0.2) is 5.82 Å². The van der Waals surface area contributed by atoms with Crippen LogP contribution in [0, 0.1) is 0 Å². The molecule has 16 rings (SSSR count). The largest absolute Gasteiger partial charge is 0.228 e. The molecule has 348 valence electrons. The van der Waals surface area contributed by atoms with Gasteiger partial charge in [0.05, 0.1) is 22.2 Å². The van der Waals surface area contributed by atoms with E-state index in [4.69, 9.17) is 9.97 Å². The van der Waals surface area contributed by atoms with Crippen LogP contribution in [0.5, 0.6) is 0 Å². The van der Waals surface area contributed by atoms with Gasteiger partial charge in [0.1, 0.15) is 0 Å². The Morgan fingerprint density at radius 1 is 0.267 bits per heavy atom. The fourth-order valence-corrected chi connectivity index (χ4v) is 14.9. The third-order valence-electron chi connectivity index (χ3n) is 16.6. The van der Waals surface area contributed by atoms with Gasteiger partial charge >= 0.3 is 0 Å². The molecule has 2 aromatic heterocycles. The summed E-state index contributed by atoms with van der Waals surface area (Å²) in [7, 11) is 0. The number of fused-ring (bicyclic) bond motifs is 20. The van der Waals surface area contributed by atoms with Crippen molar-refractivity contribution in [3.8, 4) is 78.4 Å². The average molecular weight is 969 g/mol. The first-order valence-corrected chi connectivity index (χ1v) is 26.7. The first-order chi connectivity index (χ1) is 37.2. The lowest BCUT2D eigenvalue weighted by Crippen LogP contribution is -2.43. The molecular weight excluding hydrogens is 925 g/mol. The monoisotopic (exact) mass is 968 g/mol. The molecule has 0 saturated heterocycles. The quantitative estimate of drug-likeness (QED) is 0.172. The van der Waals surface area contributed by atoms with Crippen LogP contribution in [0.4, 0.5) is 0 Å². The van der Waals surface area contributed by atoms with Crippen LogP contribution in [-0.4, -0.2) is 9.97 Å². The lowest BCUT2D eigenvalue weighted by atomic mass is 9.52. The zero-order chi connectivity index (χ0) is 49.2. The number of aromatic nitrogens is 2. The lowest BCUT2D eigenvalue weighted by Gasteiger charge is -2.48. The van der Waals surface area contributed by atoms with Gasteiger partial charge in [-0.15, -0.1) is 11.3 Å². The molecule has 13 aromatic rings. The van der Waals surface area contributed by atoms with E-state index < -0.39 is 10.8 Å². The molecule has 2 heterocycles. The molecule has 0 radical (unpaired) electrons. The summed E-state index contributed by atoms with van der Waals surface area (Å²) in [6.45, 7) is 0. The Morgan fingerprint density at radius 2 is 0.720 bits per heavy atom. The maximum absolute atomic E-state index is 5.42. The van der Waals surface area contributed by atoms with Crippen molar-refractivity contribution >= 4 is 31.5 Å². The summed E-state index contributed by atoms with van der Waals surface area (Å²) in [5, 5.41) is 2.59. The minimum absolute atomic E-state index is 0.516. The van der Waals surface area contributed by atoms with E-state index in [1.54, 1.807) is 0 Å². The van der Waals surface area contributed by atoms with Gasteiger partial charge in [-0.25, -0.2) is 9.97 Å². The zero-order valence-electron chi connectivity index (χ0n) is 40.7. The van der Waals surface area contributed by atoms with Gasteiger partial charge in [0.25, 0.3) is 0 Å². The Bertz CT molecular complexity index is 4390. The number of thiophene rings is 1. The standard InChI is InChI=1S/C72H44N2S/c1-3-20-45(21-4-1)47-24-17-26-49(42-47)65-44-64(46-22-5-2-6-23-46)73-70(74-65)50-27-18-25-48(43-50)51-31-19-38-62-67(51)68-63(41-40-55-54-30-9-16-39-66(54)75-69(55)68)72(62)60-36-14-12-34-58(60)71(59-35-13-15-37-61(59)72)56-32-10-7-28-52(56)53-29-8-11-33-57(53)71/h1-44H. The van der Waals surface area contributed by atoms with Crippen molar-refractivity contribution in [1.29, 1.82) is 0 Å². The van der Waals surface area contributed by atoms with E-state index in [1.807, 2.05) is 11.3 Å². The number of hydrogen-bond acceptors (Lipinski definition) is 3. The van der Waals surface area contributed by atoms with E-state index in [9.17, 15) is 0 Å². The SMILES string of the molecule is c1ccc(-c2cccc(-c3cc(-c4ccccc4)nc(-c4cccc(-c5cccc6c5-c5c(ccc7c5sc5ccccc57)C65c6ccccc6C6(c7ccccc7-c7ccccc76)c6ccccc65)c4)n3)c2)cc1. The molecular formula is C72H44N2S. The molecule has 3 aliphatic carbocycles. The van der Waals surface area contributed by atoms with Crippen molar-refractivity contribution in [2.45, 2.75) is 10.8 Å². The fourth-order valence-electron chi connectivity index (χ4n) is 13.6. The maximum Gasteiger partial charge on any atom is 0.160 e. The van der Waals surface area contributed by atoms with Gasteiger partial charge in [-0.3, -0.25) is 0 Å². The summed E-state index contributed by atoms with van der Waals surface area (Å²) in [6.07, 6.45) is 0. The van der Waals surface area contributed by atoms with Crippen LogP contribution in [0.2, 0.25) is 0 Å². The summed E-state index contributed by atoms with van der Waals surface area (Å²) in [5.41, 5.74) is 24.2. The van der Waals surface area contributed by atoms with Crippen molar-refractivity contribution in [2.24, 2.45) is 0 Å². The molecule has 11 aromatic carbocycles. The molecule has 3 heteroatoms. The Hall–Kier alpha value is -9.28. The highest BCUT2D eigenvalue weighted by Gasteiger charge is 2.59. The number of rotatable bonds is 5. The van der Waals surface area contributed by atoms with Crippen molar-refractivity contribution in [3.05, 3.63) is 311 Å². The third-order valence-corrected chi connectivity index (χ3v) is 17.8. The molecule has 0 saturated carbocycles. The highest BCUT2D eigenvalue weighted by molar-refractivity contribution is 7.26. The van der Waals surface area contributed by atoms with E-state index in [0.29, 0.717) is 5.82 Å². The van der Waals surface area contributed by atoms with E-state index in [-0.39, 0.29) is 0 Å². The number of nitrogens with zero attached hydrogens (tertiary/aromatic N) is 2. The molecule has 0 atom stereocenters. The Kier molecular flexibility index (Phi) is 9.07. The minimum atomic E-state index is -0.635. The van der Waals surface area contributed by atoms with E-state index >= 15 is 0 Å². The van der Waals surface area contributed by atoms with Gasteiger partial charge in [-0.1, -0.05) is 243 Å². The average Bonchev–Trinajstić information content (AvgIpc) is 4.14. The normalized spacial score (nSPS) is 13.8. The third kappa shape index (κ3) is 5.84. The number of hydrogen-bond donors (Lipinski definition) is 0. The molecule has 0 bridgehead atoms. The second-order valence-corrected chi connectivity index (χ2v) is 21.3. The Labute approximate surface area is 439 Å². The highest BCUT2D eigenvalue weighted by atomic mass is 32.1. The van der Waals surface area contributed by atoms with Crippen LogP contribution in [0.15, 0.2) is 267 Å².